The van der Waals surface area contributed by atoms with E-state index in [1.165, 1.54) is 5.57 Å². The number of hydrogen-bond donors (Lipinski definition) is 2. The molecule has 0 aromatic carbocycles. The number of rotatable bonds is 8. The van der Waals surface area contributed by atoms with E-state index in [2.05, 4.69) is 19.2 Å². The molecule has 3 saturated carbocycles. The topological polar surface area (TPSA) is 110 Å². The maximum atomic E-state index is 12.7. The van der Waals surface area contributed by atoms with E-state index in [1.807, 2.05) is 13.0 Å². The van der Waals surface area contributed by atoms with Crippen molar-refractivity contribution < 1.29 is 29.0 Å². The number of ketones is 1. The van der Waals surface area contributed by atoms with Crippen molar-refractivity contribution in [2.45, 2.75) is 110 Å². The number of amides is 1. The van der Waals surface area contributed by atoms with Crippen LogP contribution in [0.5, 0.6) is 0 Å². The van der Waals surface area contributed by atoms with Crippen LogP contribution < -0.4 is 5.32 Å². The zero-order valence-electron chi connectivity index (χ0n) is 22.3. The van der Waals surface area contributed by atoms with Crippen molar-refractivity contribution in [3.8, 4) is 0 Å². The predicted molar refractivity (Wildman–Crippen MR) is 135 cm³/mol. The number of allylic oxidation sites excluding steroid dienone is 1. The zero-order chi connectivity index (χ0) is 26.3. The van der Waals surface area contributed by atoms with E-state index in [0.29, 0.717) is 30.6 Å². The summed E-state index contributed by atoms with van der Waals surface area (Å²) < 4.78 is 5.99. The summed E-state index contributed by atoms with van der Waals surface area (Å²) in [4.78, 5) is 48.6. The van der Waals surface area contributed by atoms with Crippen LogP contribution in [0.15, 0.2) is 11.6 Å². The van der Waals surface area contributed by atoms with Crippen LogP contribution in [0.4, 0.5) is 0 Å². The maximum Gasteiger partial charge on any atom is 0.326 e. The first kappa shape index (κ1) is 26.9. The summed E-state index contributed by atoms with van der Waals surface area (Å²) in [6.07, 6.45) is 10.1. The van der Waals surface area contributed by atoms with E-state index in [1.54, 1.807) is 6.92 Å². The van der Waals surface area contributed by atoms with Crippen molar-refractivity contribution in [2.75, 3.05) is 0 Å². The number of hydrogen-bond acceptors (Lipinski definition) is 5. The Bertz CT molecular complexity index is 942. The molecule has 200 valence electrons. The first-order valence-corrected chi connectivity index (χ1v) is 13.9. The summed E-state index contributed by atoms with van der Waals surface area (Å²) in [7, 11) is 0. The number of fused-ring (bicyclic) bond motifs is 5. The lowest BCUT2D eigenvalue weighted by Crippen LogP contribution is -2.51. The summed E-state index contributed by atoms with van der Waals surface area (Å²) in [5, 5.41) is 11.9. The summed E-state index contributed by atoms with van der Waals surface area (Å²) in [6.45, 7) is 8.33. The molecule has 0 heterocycles. The fraction of sp³-hybridized carbons (Fsp3) is 0.793. The lowest BCUT2D eigenvalue weighted by molar-refractivity contribution is -0.160. The van der Waals surface area contributed by atoms with Gasteiger partial charge in [-0.3, -0.25) is 14.4 Å². The molecule has 0 saturated heterocycles. The van der Waals surface area contributed by atoms with Gasteiger partial charge in [-0.2, -0.15) is 0 Å². The highest BCUT2D eigenvalue weighted by Gasteiger charge is 2.59. The second-order valence-corrected chi connectivity index (χ2v) is 12.3. The van der Waals surface area contributed by atoms with Gasteiger partial charge in [0.15, 0.2) is 5.78 Å². The molecule has 0 bridgehead atoms. The van der Waals surface area contributed by atoms with E-state index in [9.17, 15) is 24.3 Å². The first-order valence-electron chi connectivity index (χ1n) is 13.9. The second kappa shape index (κ2) is 10.3. The average Bonchev–Trinajstić information content (AvgIpc) is 3.17. The molecule has 0 radical (unpaired) electrons. The van der Waals surface area contributed by atoms with E-state index in [0.717, 1.165) is 44.9 Å². The number of nitrogens with one attached hydrogen (secondary N) is 1. The van der Waals surface area contributed by atoms with Crippen LogP contribution in [0.2, 0.25) is 0 Å². The standard InChI is InChI=1S/C29H43NO6/c1-5-17(2)26(27(34)35)30-24(32)10-11-25(33)36-23-9-8-21-20-7-6-18-16-19(31)12-14-28(18,3)22(20)13-15-29(21,23)4/h16-17,20-23,26H,5-15H2,1-4H3,(H,30,32)(H,34,35)/t17-,20-,21+,22+,23+,26-,28-,29-/m0/s1. The van der Waals surface area contributed by atoms with Gasteiger partial charge < -0.3 is 15.2 Å². The van der Waals surface area contributed by atoms with E-state index in [4.69, 9.17) is 4.74 Å². The smallest absolute Gasteiger partial charge is 0.326 e. The SMILES string of the molecule is CC[C@H](C)[C@H](NC(=O)CCC(=O)O[C@@H]1CC[C@@H]2[C@@H]3CCC4=CC(=O)CC[C@]4(C)[C@@H]3CC[C@@]21C)C(=O)O. The molecule has 7 heteroatoms. The molecule has 4 aliphatic carbocycles. The summed E-state index contributed by atoms with van der Waals surface area (Å²) in [6, 6.07) is -0.946. The van der Waals surface area contributed by atoms with Crippen molar-refractivity contribution in [3.05, 3.63) is 11.6 Å². The molecule has 3 fully saturated rings. The first-order chi connectivity index (χ1) is 17.0. The maximum absolute atomic E-state index is 12.7. The molecule has 0 spiro atoms. The Labute approximate surface area is 214 Å². The number of ether oxygens (including phenoxy) is 1. The van der Waals surface area contributed by atoms with Crippen LogP contribution in [-0.4, -0.2) is 40.9 Å². The Hall–Kier alpha value is -2.18. The molecular formula is C29H43NO6. The van der Waals surface area contributed by atoms with Gasteiger partial charge in [0.1, 0.15) is 12.1 Å². The molecule has 8 atom stereocenters. The van der Waals surface area contributed by atoms with Crippen molar-refractivity contribution in [1.29, 1.82) is 0 Å². The third kappa shape index (κ3) is 4.87. The largest absolute Gasteiger partial charge is 0.480 e. The minimum atomic E-state index is -1.06. The van der Waals surface area contributed by atoms with Gasteiger partial charge in [-0.25, -0.2) is 4.79 Å². The fourth-order valence-corrected chi connectivity index (χ4v) is 8.07. The van der Waals surface area contributed by atoms with Crippen molar-refractivity contribution in [3.63, 3.8) is 0 Å². The summed E-state index contributed by atoms with van der Waals surface area (Å²) in [5.41, 5.74) is 1.44. The summed E-state index contributed by atoms with van der Waals surface area (Å²) >= 11 is 0. The highest BCUT2D eigenvalue weighted by molar-refractivity contribution is 5.91. The highest BCUT2D eigenvalue weighted by atomic mass is 16.5. The van der Waals surface area contributed by atoms with Gasteiger partial charge >= 0.3 is 11.9 Å². The minimum absolute atomic E-state index is 0.0395. The van der Waals surface area contributed by atoms with E-state index < -0.39 is 17.9 Å². The molecule has 1 amide bonds. The summed E-state index contributed by atoms with van der Waals surface area (Å²) in [5.74, 6) is -0.0631. The number of carbonyl (C=O) groups excluding carboxylic acids is 3. The van der Waals surface area contributed by atoms with Crippen LogP contribution in [0.25, 0.3) is 0 Å². The van der Waals surface area contributed by atoms with Gasteiger partial charge in [-0.1, -0.05) is 39.7 Å². The van der Waals surface area contributed by atoms with Gasteiger partial charge in [0, 0.05) is 18.3 Å². The second-order valence-electron chi connectivity index (χ2n) is 12.3. The third-order valence-electron chi connectivity index (χ3n) is 10.5. The van der Waals surface area contributed by atoms with Gasteiger partial charge in [-0.05, 0) is 80.1 Å². The number of carboxylic acid groups (broad SMARTS) is 1. The highest BCUT2D eigenvalue weighted by Crippen LogP contribution is 2.65. The number of carboxylic acids is 1. The van der Waals surface area contributed by atoms with Crippen LogP contribution in [0.3, 0.4) is 0 Å². The van der Waals surface area contributed by atoms with Crippen molar-refractivity contribution in [2.24, 2.45) is 34.5 Å². The molecule has 0 aliphatic heterocycles. The molecule has 4 rings (SSSR count). The molecule has 0 aromatic heterocycles. The average molecular weight is 502 g/mol. The number of esters is 1. The Kier molecular flexibility index (Phi) is 7.68. The third-order valence-corrected chi connectivity index (χ3v) is 10.5. The quantitative estimate of drug-likeness (QED) is 0.461. The molecule has 0 aromatic rings. The Morgan fingerprint density at radius 2 is 1.83 bits per heavy atom. The normalized spacial score (nSPS) is 37.0. The van der Waals surface area contributed by atoms with Gasteiger partial charge in [0.2, 0.25) is 5.91 Å². The molecular weight excluding hydrogens is 458 g/mol. The van der Waals surface area contributed by atoms with Crippen LogP contribution in [0, 0.1) is 34.5 Å². The Balaban J connectivity index is 1.34. The Morgan fingerprint density at radius 3 is 2.53 bits per heavy atom. The number of carbonyl (C=O) groups is 4. The number of aliphatic carboxylic acids is 1. The lowest BCUT2D eigenvalue weighted by atomic mass is 9.47. The lowest BCUT2D eigenvalue weighted by Gasteiger charge is -2.57. The van der Waals surface area contributed by atoms with Crippen molar-refractivity contribution in [1.82, 2.24) is 5.32 Å². The zero-order valence-corrected chi connectivity index (χ0v) is 22.3. The van der Waals surface area contributed by atoms with E-state index >= 15 is 0 Å². The monoisotopic (exact) mass is 501 g/mol. The van der Waals surface area contributed by atoms with E-state index in [-0.39, 0.29) is 47.4 Å². The molecule has 7 nitrogen and oxygen atoms in total. The molecule has 4 aliphatic rings. The predicted octanol–water partition coefficient (Wildman–Crippen LogP) is 4.83. The van der Waals surface area contributed by atoms with Crippen LogP contribution in [-0.2, 0) is 23.9 Å². The molecule has 2 N–H and O–H groups in total. The fourth-order valence-electron chi connectivity index (χ4n) is 8.07. The molecule has 36 heavy (non-hydrogen) atoms. The van der Waals surface area contributed by atoms with Crippen LogP contribution >= 0.6 is 0 Å². The van der Waals surface area contributed by atoms with Crippen LogP contribution in [0.1, 0.15) is 98.3 Å². The molecule has 0 unspecified atom stereocenters. The van der Waals surface area contributed by atoms with Crippen molar-refractivity contribution >= 4 is 23.6 Å². The van der Waals surface area contributed by atoms with Gasteiger partial charge in [-0.15, -0.1) is 0 Å². The van der Waals surface area contributed by atoms with Gasteiger partial charge in [0.25, 0.3) is 0 Å². The Morgan fingerprint density at radius 1 is 1.08 bits per heavy atom. The van der Waals surface area contributed by atoms with Gasteiger partial charge in [0.05, 0.1) is 6.42 Å². The minimum Gasteiger partial charge on any atom is -0.480 e.